The van der Waals surface area contributed by atoms with E-state index in [4.69, 9.17) is 11.6 Å². The standard InChI is InChI=1S/C24H22ClN3O4S2/c1-3-27-21-12-10-17(13-22(21)33-24(27)30)26-23(29)15-28(18-11-9-16(2)20(25)14-18)34(31,32)19-7-5-4-6-8-19/h4-14H,3,15H2,1-2H3,(H,26,29). The number of rotatable bonds is 7. The molecule has 176 valence electrons. The number of carbonyl (C=O) groups excluding carboxylic acids is 1. The van der Waals surface area contributed by atoms with Crippen LogP contribution in [0.2, 0.25) is 5.02 Å². The van der Waals surface area contributed by atoms with E-state index >= 15 is 0 Å². The third-order valence-corrected chi connectivity index (χ3v) is 8.47. The Bertz CT molecular complexity index is 1530. The lowest BCUT2D eigenvalue weighted by Crippen LogP contribution is -2.38. The van der Waals surface area contributed by atoms with Gasteiger partial charge >= 0.3 is 4.87 Å². The van der Waals surface area contributed by atoms with E-state index in [0.717, 1.165) is 31.4 Å². The Morgan fingerprint density at radius 1 is 1.09 bits per heavy atom. The first-order valence-electron chi connectivity index (χ1n) is 10.5. The Hall–Kier alpha value is -3.14. The monoisotopic (exact) mass is 515 g/mol. The second-order valence-electron chi connectivity index (χ2n) is 7.60. The molecule has 0 spiro atoms. The maximum absolute atomic E-state index is 13.4. The lowest BCUT2D eigenvalue weighted by Gasteiger charge is -2.24. The van der Waals surface area contributed by atoms with Crippen molar-refractivity contribution in [1.29, 1.82) is 0 Å². The Morgan fingerprint density at radius 2 is 1.82 bits per heavy atom. The lowest BCUT2D eigenvalue weighted by atomic mass is 10.2. The van der Waals surface area contributed by atoms with Crippen molar-refractivity contribution in [2.45, 2.75) is 25.3 Å². The first kappa shape index (κ1) is 24.0. The smallest absolute Gasteiger partial charge is 0.308 e. The zero-order chi connectivity index (χ0) is 24.5. The molecule has 10 heteroatoms. The summed E-state index contributed by atoms with van der Waals surface area (Å²) >= 11 is 7.35. The van der Waals surface area contributed by atoms with Gasteiger partial charge in [0.05, 0.1) is 20.8 Å². The van der Waals surface area contributed by atoms with Crippen molar-refractivity contribution < 1.29 is 13.2 Å². The summed E-state index contributed by atoms with van der Waals surface area (Å²) in [5.41, 5.74) is 2.33. The van der Waals surface area contributed by atoms with Gasteiger partial charge in [-0.05, 0) is 61.9 Å². The molecule has 0 saturated carbocycles. The van der Waals surface area contributed by atoms with Gasteiger partial charge in [0, 0.05) is 17.3 Å². The van der Waals surface area contributed by atoms with Gasteiger partial charge in [-0.25, -0.2) is 8.42 Å². The number of sulfonamides is 1. The van der Waals surface area contributed by atoms with Gasteiger partial charge in [0.2, 0.25) is 5.91 Å². The number of aromatic nitrogens is 1. The molecule has 1 aromatic heterocycles. The fourth-order valence-corrected chi connectivity index (χ4v) is 6.15. The van der Waals surface area contributed by atoms with Crippen molar-refractivity contribution in [1.82, 2.24) is 4.57 Å². The molecule has 0 aliphatic carbocycles. The third-order valence-electron chi connectivity index (χ3n) is 5.33. The third kappa shape index (κ3) is 4.72. The van der Waals surface area contributed by atoms with Gasteiger partial charge in [-0.2, -0.15) is 0 Å². The summed E-state index contributed by atoms with van der Waals surface area (Å²) in [7, 11) is -4.04. The second-order valence-corrected chi connectivity index (χ2v) is 10.9. The minimum Gasteiger partial charge on any atom is -0.324 e. The summed E-state index contributed by atoms with van der Waals surface area (Å²) in [6.45, 7) is 3.80. The van der Waals surface area contributed by atoms with Crippen molar-refractivity contribution >= 4 is 60.5 Å². The molecule has 0 aliphatic heterocycles. The summed E-state index contributed by atoms with van der Waals surface area (Å²) in [5.74, 6) is -0.530. The van der Waals surface area contributed by atoms with Crippen LogP contribution in [0.5, 0.6) is 0 Å². The Labute approximate surface area is 206 Å². The van der Waals surface area contributed by atoms with E-state index in [1.54, 1.807) is 53.1 Å². The van der Waals surface area contributed by atoms with Crippen molar-refractivity contribution in [2.75, 3.05) is 16.2 Å². The molecule has 0 unspecified atom stereocenters. The Balaban J connectivity index is 1.66. The first-order chi connectivity index (χ1) is 16.2. The van der Waals surface area contributed by atoms with Crippen LogP contribution in [0.1, 0.15) is 12.5 Å². The highest BCUT2D eigenvalue weighted by molar-refractivity contribution is 7.92. The summed E-state index contributed by atoms with van der Waals surface area (Å²) in [6, 6.07) is 17.9. The van der Waals surface area contributed by atoms with Crippen LogP contribution in [0, 0.1) is 6.92 Å². The highest BCUT2D eigenvalue weighted by atomic mass is 35.5. The maximum Gasteiger partial charge on any atom is 0.308 e. The van der Waals surface area contributed by atoms with E-state index in [2.05, 4.69) is 5.32 Å². The number of hydrogen-bond donors (Lipinski definition) is 1. The van der Waals surface area contributed by atoms with Crippen LogP contribution in [-0.4, -0.2) is 25.4 Å². The summed E-state index contributed by atoms with van der Waals surface area (Å²) in [4.78, 5) is 25.1. The summed E-state index contributed by atoms with van der Waals surface area (Å²) in [6.07, 6.45) is 0. The number of anilines is 2. The van der Waals surface area contributed by atoms with E-state index < -0.39 is 22.5 Å². The van der Waals surface area contributed by atoms with E-state index in [1.165, 1.54) is 18.2 Å². The number of thiazole rings is 1. The Morgan fingerprint density at radius 3 is 2.50 bits per heavy atom. The number of nitrogens with one attached hydrogen (secondary N) is 1. The second kappa shape index (κ2) is 9.61. The predicted molar refractivity (Wildman–Crippen MR) is 138 cm³/mol. The number of fused-ring (bicyclic) bond motifs is 1. The van der Waals surface area contributed by atoms with Crippen LogP contribution < -0.4 is 14.5 Å². The summed E-state index contributed by atoms with van der Waals surface area (Å²) < 4.78 is 30.3. The van der Waals surface area contributed by atoms with E-state index in [9.17, 15) is 18.0 Å². The molecule has 0 bridgehead atoms. The number of benzene rings is 3. The molecule has 0 radical (unpaired) electrons. The number of hydrogen-bond acceptors (Lipinski definition) is 5. The van der Waals surface area contributed by atoms with Gasteiger partial charge in [-0.15, -0.1) is 0 Å². The normalized spacial score (nSPS) is 11.5. The van der Waals surface area contributed by atoms with Gasteiger partial charge in [0.15, 0.2) is 0 Å². The van der Waals surface area contributed by atoms with Gasteiger partial charge in [-0.1, -0.05) is 47.2 Å². The molecule has 0 aliphatic rings. The van der Waals surface area contributed by atoms with Crippen molar-refractivity contribution in [3.8, 4) is 0 Å². The molecule has 34 heavy (non-hydrogen) atoms. The van der Waals surface area contributed by atoms with Crippen molar-refractivity contribution in [2.24, 2.45) is 0 Å². The average molecular weight is 516 g/mol. The largest absolute Gasteiger partial charge is 0.324 e. The van der Waals surface area contributed by atoms with Crippen LogP contribution in [-0.2, 0) is 21.4 Å². The maximum atomic E-state index is 13.4. The highest BCUT2D eigenvalue weighted by Crippen LogP contribution is 2.28. The van der Waals surface area contributed by atoms with Gasteiger partial charge in [0.1, 0.15) is 6.54 Å². The summed E-state index contributed by atoms with van der Waals surface area (Å²) in [5, 5.41) is 3.14. The molecule has 0 fully saturated rings. The molecule has 4 rings (SSSR count). The molecule has 1 heterocycles. The molecule has 0 saturated heterocycles. The topological polar surface area (TPSA) is 88.5 Å². The lowest BCUT2D eigenvalue weighted by molar-refractivity contribution is -0.114. The van der Waals surface area contributed by atoms with E-state index in [0.29, 0.717) is 17.3 Å². The van der Waals surface area contributed by atoms with Crippen molar-refractivity contribution in [3.63, 3.8) is 0 Å². The van der Waals surface area contributed by atoms with Crippen LogP contribution in [0.25, 0.3) is 10.2 Å². The van der Waals surface area contributed by atoms with Crippen LogP contribution in [0.15, 0.2) is 76.4 Å². The zero-order valence-electron chi connectivity index (χ0n) is 18.5. The number of amides is 1. The van der Waals surface area contributed by atoms with Gasteiger partial charge < -0.3 is 5.32 Å². The van der Waals surface area contributed by atoms with E-state index in [1.807, 2.05) is 13.8 Å². The quantitative estimate of drug-likeness (QED) is 0.380. The zero-order valence-corrected chi connectivity index (χ0v) is 20.9. The molecule has 0 atom stereocenters. The molecular formula is C24H22ClN3O4S2. The fourth-order valence-electron chi connectivity index (χ4n) is 3.55. The first-order valence-corrected chi connectivity index (χ1v) is 13.1. The fraction of sp³-hybridized carbons (Fsp3) is 0.167. The molecule has 3 aromatic carbocycles. The highest BCUT2D eigenvalue weighted by Gasteiger charge is 2.27. The number of aryl methyl sites for hydroxylation is 2. The molecule has 7 nitrogen and oxygen atoms in total. The van der Waals surface area contributed by atoms with E-state index in [-0.39, 0.29) is 15.5 Å². The van der Waals surface area contributed by atoms with Crippen molar-refractivity contribution in [3.05, 3.63) is 87.0 Å². The molecule has 1 amide bonds. The van der Waals surface area contributed by atoms with Crippen LogP contribution in [0.3, 0.4) is 0 Å². The SMILES string of the molecule is CCn1c(=O)sc2cc(NC(=O)CN(c3ccc(C)c(Cl)c3)S(=O)(=O)c3ccccc3)ccc21. The number of nitrogens with zero attached hydrogens (tertiary/aromatic N) is 2. The van der Waals surface area contributed by atoms with Crippen LogP contribution >= 0.6 is 22.9 Å². The molecule has 4 aromatic rings. The Kier molecular flexibility index (Phi) is 6.79. The van der Waals surface area contributed by atoms with Crippen LogP contribution in [0.4, 0.5) is 11.4 Å². The number of carbonyl (C=O) groups is 1. The van der Waals surface area contributed by atoms with Gasteiger partial charge in [0.25, 0.3) is 10.0 Å². The number of halogens is 1. The predicted octanol–water partition coefficient (Wildman–Crippen LogP) is 4.88. The minimum absolute atomic E-state index is 0.0617. The average Bonchev–Trinajstić information content (AvgIpc) is 3.13. The minimum atomic E-state index is -4.04. The molecule has 1 N–H and O–H groups in total. The molecular weight excluding hydrogens is 494 g/mol. The van der Waals surface area contributed by atoms with Gasteiger partial charge in [-0.3, -0.25) is 18.5 Å².